The summed E-state index contributed by atoms with van der Waals surface area (Å²) in [5, 5.41) is 11.9. The van der Waals surface area contributed by atoms with Gasteiger partial charge in [0.1, 0.15) is 23.9 Å². The Morgan fingerprint density at radius 1 is 1.00 bits per heavy atom. The number of likely N-dealkylation sites (N-methyl/N-ethyl adjacent to an activating group) is 1. The smallest absolute Gasteiger partial charge is 0.255 e. The van der Waals surface area contributed by atoms with Crippen LogP contribution in [0.3, 0.4) is 0 Å². The first-order chi connectivity index (χ1) is 24.2. The van der Waals surface area contributed by atoms with E-state index in [4.69, 9.17) is 9.26 Å². The molecule has 13 nitrogen and oxygen atoms in total. The van der Waals surface area contributed by atoms with Crippen LogP contribution in [0.2, 0.25) is 0 Å². The molecule has 2 aliphatic rings. The fourth-order valence-electron chi connectivity index (χ4n) is 6.56. The normalized spacial score (nSPS) is 22.4. The van der Waals surface area contributed by atoms with Gasteiger partial charge in [-0.2, -0.15) is 4.98 Å². The number of aryl methyl sites for hydroxylation is 1. The number of benzene rings is 1. The standard InChI is InChI=1S/C36H49N7O6S/c1-24(2)19-27-35(46)43-18-12-14-28(43)36(47)42(3)29(20-25-22-50-23-38-25)34(45)37-17-11-7-5-4-6-8-16-32-40-31(41-49-32)21-48-30-15-10-9-13-26(30)33(44)39-27/h9-10,13,15,22-24,27-29H,4-8,11-12,14,16-21H2,1-3H3,(H,37,45)(H,39,44)/t27-,28-,29+/m1/s1. The quantitative estimate of drug-likeness (QED) is 0.403. The predicted octanol–water partition coefficient (Wildman–Crippen LogP) is 4.32. The van der Waals surface area contributed by atoms with Crippen molar-refractivity contribution in [1.29, 1.82) is 0 Å². The highest BCUT2D eigenvalue weighted by Gasteiger charge is 2.41. The SMILES string of the molecule is CC(C)C[C@H]1NC(=O)c2ccccc2OCc2noc(n2)CCCCCCCCNC(=O)[C@H](Cc2cscn2)N(C)C(=O)[C@H]2CCCN2C1=O. The van der Waals surface area contributed by atoms with Crippen molar-refractivity contribution in [2.24, 2.45) is 5.92 Å². The molecule has 0 unspecified atom stereocenters. The van der Waals surface area contributed by atoms with E-state index < -0.39 is 24.0 Å². The molecule has 3 aromatic rings. The predicted molar refractivity (Wildman–Crippen MR) is 187 cm³/mol. The molecule has 14 heteroatoms. The Morgan fingerprint density at radius 2 is 1.78 bits per heavy atom. The first kappa shape index (κ1) is 36.9. The van der Waals surface area contributed by atoms with Crippen LogP contribution in [0.1, 0.15) is 99.4 Å². The molecule has 4 amide bonds. The van der Waals surface area contributed by atoms with Crippen molar-refractivity contribution < 1.29 is 28.4 Å². The van der Waals surface area contributed by atoms with Crippen LogP contribution in [0.4, 0.5) is 0 Å². The summed E-state index contributed by atoms with van der Waals surface area (Å²) in [6.45, 7) is 4.87. The number of rotatable bonds is 4. The molecule has 2 bridgehead atoms. The molecule has 2 N–H and O–H groups in total. The van der Waals surface area contributed by atoms with Crippen molar-refractivity contribution >= 4 is 35.0 Å². The van der Waals surface area contributed by atoms with Gasteiger partial charge in [-0.1, -0.05) is 56.8 Å². The highest BCUT2D eigenvalue weighted by atomic mass is 32.1. The molecule has 0 saturated carbocycles. The minimum atomic E-state index is -0.873. The second kappa shape index (κ2) is 18.1. The van der Waals surface area contributed by atoms with E-state index in [0.717, 1.165) is 44.2 Å². The van der Waals surface area contributed by atoms with Crippen LogP contribution < -0.4 is 15.4 Å². The average Bonchev–Trinajstić information content (AvgIpc) is 3.90. The minimum Gasteiger partial charge on any atom is -0.485 e. The van der Waals surface area contributed by atoms with Gasteiger partial charge in [0.15, 0.2) is 6.61 Å². The lowest BCUT2D eigenvalue weighted by atomic mass is 10.0. The monoisotopic (exact) mass is 707 g/mol. The molecule has 1 aromatic carbocycles. The van der Waals surface area contributed by atoms with E-state index >= 15 is 0 Å². The van der Waals surface area contributed by atoms with E-state index in [1.54, 1.807) is 41.7 Å². The maximum Gasteiger partial charge on any atom is 0.255 e. The summed E-state index contributed by atoms with van der Waals surface area (Å²) in [6.07, 6.45) is 8.24. The molecule has 3 atom stereocenters. The molecular weight excluding hydrogens is 659 g/mol. The van der Waals surface area contributed by atoms with Gasteiger partial charge in [0.05, 0.1) is 16.8 Å². The van der Waals surface area contributed by atoms with Gasteiger partial charge in [-0.25, -0.2) is 4.98 Å². The molecule has 0 aliphatic carbocycles. The molecule has 2 aromatic heterocycles. The highest BCUT2D eigenvalue weighted by Crippen LogP contribution is 2.25. The van der Waals surface area contributed by atoms with Crippen LogP contribution in [-0.4, -0.2) is 86.8 Å². The molecule has 270 valence electrons. The van der Waals surface area contributed by atoms with Crippen molar-refractivity contribution in [2.75, 3.05) is 20.1 Å². The molecule has 2 aliphatic heterocycles. The van der Waals surface area contributed by atoms with Crippen molar-refractivity contribution in [1.82, 2.24) is 35.6 Å². The van der Waals surface area contributed by atoms with Crippen LogP contribution in [0.25, 0.3) is 0 Å². The first-order valence-electron chi connectivity index (χ1n) is 17.8. The third-order valence-corrected chi connectivity index (χ3v) is 9.89. The topological polar surface area (TPSA) is 160 Å². The van der Waals surface area contributed by atoms with Crippen LogP contribution in [0.5, 0.6) is 5.75 Å². The molecule has 5 rings (SSSR count). The second-order valence-corrected chi connectivity index (χ2v) is 14.3. The highest BCUT2D eigenvalue weighted by molar-refractivity contribution is 7.07. The maximum atomic E-state index is 14.2. The van der Waals surface area contributed by atoms with Gasteiger partial charge >= 0.3 is 0 Å². The minimum absolute atomic E-state index is 0.0211. The van der Waals surface area contributed by atoms with Crippen molar-refractivity contribution in [2.45, 2.75) is 109 Å². The van der Waals surface area contributed by atoms with E-state index in [9.17, 15) is 19.2 Å². The summed E-state index contributed by atoms with van der Waals surface area (Å²) >= 11 is 1.44. The number of aromatic nitrogens is 3. The number of fused-ring (bicyclic) bond motifs is 4. The molecule has 4 heterocycles. The summed E-state index contributed by atoms with van der Waals surface area (Å²) in [7, 11) is 1.63. The molecule has 0 radical (unpaired) electrons. The Balaban J connectivity index is 1.39. The van der Waals surface area contributed by atoms with E-state index in [1.165, 1.54) is 16.2 Å². The Morgan fingerprint density at radius 3 is 2.56 bits per heavy atom. The molecule has 1 fully saturated rings. The van der Waals surface area contributed by atoms with Crippen molar-refractivity contribution in [3.63, 3.8) is 0 Å². The Bertz CT molecular complexity index is 1580. The Kier molecular flexibility index (Phi) is 13.3. The lowest BCUT2D eigenvalue weighted by molar-refractivity contribution is -0.147. The van der Waals surface area contributed by atoms with Gasteiger partial charge in [-0.05, 0) is 50.2 Å². The average molecular weight is 708 g/mol. The fourth-order valence-corrected chi connectivity index (χ4v) is 7.13. The molecule has 1 saturated heterocycles. The van der Waals surface area contributed by atoms with Gasteiger partial charge in [0, 0.05) is 38.4 Å². The number of carbonyl (C=O) groups is 4. The summed E-state index contributed by atoms with van der Waals surface area (Å²) in [4.78, 5) is 67.5. The van der Waals surface area contributed by atoms with Crippen LogP contribution in [0.15, 0.2) is 39.7 Å². The number of hydrogen-bond donors (Lipinski definition) is 2. The number of hydrogen-bond acceptors (Lipinski definition) is 10. The van der Waals surface area contributed by atoms with Crippen molar-refractivity contribution in [3.8, 4) is 5.75 Å². The number of thiazole rings is 1. The summed E-state index contributed by atoms with van der Waals surface area (Å²) < 4.78 is 11.4. The van der Waals surface area contributed by atoms with Crippen LogP contribution in [0, 0.1) is 5.92 Å². The summed E-state index contributed by atoms with van der Waals surface area (Å²) in [6, 6.07) is 4.42. The number of carbonyl (C=O) groups excluding carboxylic acids is 4. The lowest BCUT2D eigenvalue weighted by Gasteiger charge is -2.34. The third-order valence-electron chi connectivity index (χ3n) is 9.25. The van der Waals surface area contributed by atoms with E-state index in [0.29, 0.717) is 56.2 Å². The molecule has 50 heavy (non-hydrogen) atoms. The largest absolute Gasteiger partial charge is 0.485 e. The third kappa shape index (κ3) is 9.89. The second-order valence-electron chi connectivity index (χ2n) is 13.5. The van der Waals surface area contributed by atoms with E-state index in [-0.39, 0.29) is 42.2 Å². The van der Waals surface area contributed by atoms with E-state index in [1.807, 2.05) is 19.2 Å². The first-order valence-corrected chi connectivity index (χ1v) is 18.7. The zero-order chi connectivity index (χ0) is 35.5. The zero-order valence-corrected chi connectivity index (χ0v) is 30.1. The van der Waals surface area contributed by atoms with Gasteiger partial charge < -0.3 is 29.7 Å². The molecule has 0 spiro atoms. The number of para-hydroxylation sites is 1. The number of ether oxygens (including phenoxy) is 1. The lowest BCUT2D eigenvalue weighted by Crippen LogP contribution is -2.57. The number of nitrogens with one attached hydrogen (secondary N) is 2. The van der Waals surface area contributed by atoms with Gasteiger partial charge in [-0.3, -0.25) is 19.2 Å². The van der Waals surface area contributed by atoms with Crippen LogP contribution >= 0.6 is 11.3 Å². The zero-order valence-electron chi connectivity index (χ0n) is 29.3. The fraction of sp³-hybridized carbons (Fsp3) is 0.583. The number of amides is 4. The summed E-state index contributed by atoms with van der Waals surface area (Å²) in [5.41, 5.74) is 2.71. The number of nitrogens with zero attached hydrogens (tertiary/aromatic N) is 5. The van der Waals surface area contributed by atoms with Gasteiger partial charge in [0.2, 0.25) is 29.4 Å². The molecular formula is C36H49N7O6S. The van der Waals surface area contributed by atoms with Crippen molar-refractivity contribution in [3.05, 3.63) is 58.1 Å². The summed E-state index contributed by atoms with van der Waals surface area (Å²) in [5.74, 6) is 0.00863. The van der Waals surface area contributed by atoms with Crippen LogP contribution in [-0.2, 0) is 33.8 Å². The Labute approximate surface area is 297 Å². The maximum absolute atomic E-state index is 14.2. The Hall–Kier alpha value is -4.33. The van der Waals surface area contributed by atoms with E-state index in [2.05, 4.69) is 25.8 Å². The van der Waals surface area contributed by atoms with Gasteiger partial charge in [0.25, 0.3) is 5.91 Å². The van der Waals surface area contributed by atoms with Gasteiger partial charge in [-0.15, -0.1) is 11.3 Å².